The maximum Gasteiger partial charge on any atom is 0.255 e. The molecule has 0 radical (unpaired) electrons. The number of pyridine rings is 1. The molecule has 0 amide bonds. The van der Waals surface area contributed by atoms with Gasteiger partial charge in [-0.2, -0.15) is 0 Å². The van der Waals surface area contributed by atoms with Gasteiger partial charge in [0.05, 0.1) is 22.6 Å². The third-order valence-corrected chi connectivity index (χ3v) is 6.53. The van der Waals surface area contributed by atoms with Gasteiger partial charge in [0.25, 0.3) is 5.56 Å². The van der Waals surface area contributed by atoms with Gasteiger partial charge in [0, 0.05) is 42.4 Å². The Bertz CT molecular complexity index is 917. The Morgan fingerprint density at radius 1 is 1.15 bits per heavy atom. The summed E-state index contributed by atoms with van der Waals surface area (Å²) < 4.78 is 0. The van der Waals surface area contributed by atoms with Gasteiger partial charge in [0.1, 0.15) is 0 Å². The largest absolute Gasteiger partial charge is 0.383 e. The highest BCUT2D eigenvalue weighted by Gasteiger charge is 2.43. The normalized spacial score (nSPS) is 20.6. The predicted octanol–water partition coefficient (Wildman–Crippen LogP) is 2.66. The van der Waals surface area contributed by atoms with Crippen molar-refractivity contribution in [2.75, 3.05) is 29.9 Å². The van der Waals surface area contributed by atoms with E-state index >= 15 is 0 Å². The molecule has 0 aromatic carbocycles. The van der Waals surface area contributed by atoms with Gasteiger partial charge in [-0.3, -0.25) is 14.8 Å². The number of rotatable bonds is 1. The first kappa shape index (κ1) is 16.1. The SMILES string of the molecule is O=c1[nH]c(N2CCC3(CC2)CNc2cncc(Cl)c23)nc2c1CCCC2. The zero-order valence-corrected chi connectivity index (χ0v) is 15.4. The lowest BCUT2D eigenvalue weighted by molar-refractivity contribution is 0.359. The lowest BCUT2D eigenvalue weighted by Gasteiger charge is -2.40. The first-order chi connectivity index (χ1) is 12.7. The van der Waals surface area contributed by atoms with E-state index < -0.39 is 0 Å². The third kappa shape index (κ3) is 2.42. The summed E-state index contributed by atoms with van der Waals surface area (Å²) in [7, 11) is 0. The second-order valence-corrected chi connectivity index (χ2v) is 8.09. The lowest BCUT2D eigenvalue weighted by Crippen LogP contribution is -2.45. The molecular weight excluding hydrogens is 350 g/mol. The highest BCUT2D eigenvalue weighted by atomic mass is 35.5. The number of anilines is 2. The number of hydrogen-bond acceptors (Lipinski definition) is 5. The van der Waals surface area contributed by atoms with E-state index in [1.807, 2.05) is 6.20 Å². The Hall–Kier alpha value is -2.08. The van der Waals surface area contributed by atoms with Crippen molar-refractivity contribution in [3.63, 3.8) is 0 Å². The van der Waals surface area contributed by atoms with Gasteiger partial charge in [0.2, 0.25) is 5.95 Å². The van der Waals surface area contributed by atoms with Crippen LogP contribution in [0.4, 0.5) is 11.6 Å². The second-order valence-electron chi connectivity index (χ2n) is 7.69. The minimum absolute atomic E-state index is 0.0481. The zero-order valence-electron chi connectivity index (χ0n) is 14.6. The van der Waals surface area contributed by atoms with E-state index in [2.05, 4.69) is 20.2 Å². The highest BCUT2D eigenvalue weighted by Crippen LogP contribution is 2.47. The Labute approximate surface area is 157 Å². The van der Waals surface area contributed by atoms with Crippen LogP contribution in [0.25, 0.3) is 0 Å². The quantitative estimate of drug-likeness (QED) is 0.806. The number of nitrogens with zero attached hydrogens (tertiary/aromatic N) is 3. The van der Waals surface area contributed by atoms with Crippen LogP contribution < -0.4 is 15.8 Å². The van der Waals surface area contributed by atoms with Crippen molar-refractivity contribution in [2.45, 2.75) is 43.9 Å². The van der Waals surface area contributed by atoms with E-state index in [1.165, 1.54) is 5.56 Å². The van der Waals surface area contributed by atoms with Crippen molar-refractivity contribution in [3.05, 3.63) is 44.6 Å². The number of aromatic nitrogens is 3. The van der Waals surface area contributed by atoms with Gasteiger partial charge >= 0.3 is 0 Å². The standard InChI is InChI=1S/C19H22ClN5O/c20-13-9-21-10-15-16(13)19(11-22-15)5-7-25(8-6-19)18-23-14-4-2-1-3-12(14)17(26)24-18/h9-10,22H,1-8,11H2,(H,23,24,26). The number of piperidine rings is 1. The average molecular weight is 372 g/mol. The Balaban J connectivity index is 1.41. The molecule has 2 aliphatic heterocycles. The molecule has 1 spiro atoms. The van der Waals surface area contributed by atoms with Gasteiger partial charge in [-0.05, 0) is 38.5 Å². The maximum absolute atomic E-state index is 12.4. The Kier molecular flexibility index (Phi) is 3.71. The summed E-state index contributed by atoms with van der Waals surface area (Å²) in [6, 6.07) is 0. The summed E-state index contributed by atoms with van der Waals surface area (Å²) in [5.74, 6) is 0.734. The minimum atomic E-state index is 0.0481. The van der Waals surface area contributed by atoms with Crippen molar-refractivity contribution >= 4 is 23.2 Å². The van der Waals surface area contributed by atoms with Crippen molar-refractivity contribution < 1.29 is 0 Å². The molecule has 1 fully saturated rings. The summed E-state index contributed by atoms with van der Waals surface area (Å²) in [4.78, 5) is 26.7. The minimum Gasteiger partial charge on any atom is -0.383 e. The molecule has 1 saturated heterocycles. The fourth-order valence-corrected chi connectivity index (χ4v) is 5.13. The fourth-order valence-electron chi connectivity index (χ4n) is 4.77. The summed E-state index contributed by atoms with van der Waals surface area (Å²) in [5.41, 5.74) is 4.26. The average Bonchev–Trinajstić information content (AvgIpc) is 3.02. The van der Waals surface area contributed by atoms with Crippen molar-refractivity contribution in [1.29, 1.82) is 0 Å². The molecule has 0 saturated carbocycles. The summed E-state index contributed by atoms with van der Waals surface area (Å²) in [6.07, 6.45) is 9.57. The van der Waals surface area contributed by atoms with Crippen molar-refractivity contribution in [1.82, 2.24) is 15.0 Å². The maximum atomic E-state index is 12.4. The number of aryl methyl sites for hydroxylation is 1. The molecule has 26 heavy (non-hydrogen) atoms. The highest BCUT2D eigenvalue weighted by molar-refractivity contribution is 6.31. The number of hydrogen-bond donors (Lipinski definition) is 2. The first-order valence-electron chi connectivity index (χ1n) is 9.41. The fraction of sp³-hybridized carbons (Fsp3) is 0.526. The molecule has 0 atom stereocenters. The monoisotopic (exact) mass is 371 g/mol. The molecule has 2 aromatic rings. The molecule has 0 bridgehead atoms. The first-order valence-corrected chi connectivity index (χ1v) is 9.79. The lowest BCUT2D eigenvalue weighted by atomic mass is 9.74. The zero-order chi connectivity index (χ0) is 17.7. The molecule has 3 aliphatic rings. The third-order valence-electron chi connectivity index (χ3n) is 6.25. The molecule has 0 unspecified atom stereocenters. The van der Waals surface area contributed by atoms with Crippen LogP contribution in [-0.4, -0.2) is 34.6 Å². The van der Waals surface area contributed by atoms with E-state index in [4.69, 9.17) is 16.6 Å². The van der Waals surface area contributed by atoms with Gasteiger partial charge in [-0.1, -0.05) is 11.6 Å². The molecule has 2 aromatic heterocycles. The number of fused-ring (bicyclic) bond motifs is 3. The van der Waals surface area contributed by atoms with Crippen LogP contribution in [0.2, 0.25) is 5.02 Å². The van der Waals surface area contributed by atoms with Gasteiger partial charge in [0.15, 0.2) is 0 Å². The van der Waals surface area contributed by atoms with E-state index in [1.54, 1.807) is 6.20 Å². The van der Waals surface area contributed by atoms with E-state index in [-0.39, 0.29) is 11.0 Å². The molecule has 4 heterocycles. The number of H-pyrrole nitrogens is 1. The Morgan fingerprint density at radius 3 is 2.81 bits per heavy atom. The summed E-state index contributed by atoms with van der Waals surface area (Å²) >= 11 is 6.47. The molecular formula is C19H22ClN5O. The van der Waals surface area contributed by atoms with E-state index in [9.17, 15) is 4.79 Å². The van der Waals surface area contributed by atoms with Gasteiger partial charge < -0.3 is 10.2 Å². The van der Waals surface area contributed by atoms with E-state index in [0.29, 0.717) is 0 Å². The van der Waals surface area contributed by atoms with Crippen LogP contribution >= 0.6 is 11.6 Å². The van der Waals surface area contributed by atoms with Gasteiger partial charge in [-0.25, -0.2) is 4.98 Å². The molecule has 7 heteroatoms. The summed E-state index contributed by atoms with van der Waals surface area (Å²) in [5, 5.41) is 4.22. The van der Waals surface area contributed by atoms with Crippen LogP contribution in [0.3, 0.4) is 0 Å². The van der Waals surface area contributed by atoms with Crippen LogP contribution in [-0.2, 0) is 18.3 Å². The molecule has 2 N–H and O–H groups in total. The van der Waals surface area contributed by atoms with Gasteiger partial charge in [-0.15, -0.1) is 0 Å². The van der Waals surface area contributed by atoms with Crippen LogP contribution in [0, 0.1) is 0 Å². The molecule has 6 nitrogen and oxygen atoms in total. The van der Waals surface area contributed by atoms with Crippen LogP contribution in [0.1, 0.15) is 42.5 Å². The van der Waals surface area contributed by atoms with Crippen LogP contribution in [0.15, 0.2) is 17.2 Å². The second kappa shape index (κ2) is 5.98. The smallest absolute Gasteiger partial charge is 0.255 e. The Morgan fingerprint density at radius 2 is 1.96 bits per heavy atom. The van der Waals surface area contributed by atoms with E-state index in [0.717, 1.165) is 86.1 Å². The molecule has 136 valence electrons. The number of nitrogens with one attached hydrogen (secondary N) is 2. The predicted molar refractivity (Wildman–Crippen MR) is 102 cm³/mol. The van der Waals surface area contributed by atoms with Crippen LogP contribution in [0.5, 0.6) is 0 Å². The molecule has 5 rings (SSSR count). The van der Waals surface area contributed by atoms with Crippen molar-refractivity contribution in [3.8, 4) is 0 Å². The number of aromatic amines is 1. The number of halogens is 1. The summed E-state index contributed by atoms with van der Waals surface area (Å²) in [6.45, 7) is 2.62. The molecule has 1 aliphatic carbocycles. The van der Waals surface area contributed by atoms with Crippen molar-refractivity contribution in [2.24, 2.45) is 0 Å². The topological polar surface area (TPSA) is 73.9 Å².